The molecule has 1 aliphatic carbocycles. The third-order valence-corrected chi connectivity index (χ3v) is 9.59. The number of anilines is 1. The summed E-state index contributed by atoms with van der Waals surface area (Å²) in [7, 11) is 0. The largest absolute Gasteiger partial charge is 0.597 e. The van der Waals surface area contributed by atoms with Crippen LogP contribution in [0.2, 0.25) is 0 Å². The Morgan fingerprint density at radius 1 is 1.20 bits per heavy atom. The molecular formula is C21H23IN6OS. The van der Waals surface area contributed by atoms with E-state index in [1.165, 1.54) is 16.8 Å². The third kappa shape index (κ3) is 2.55. The highest BCUT2D eigenvalue weighted by atomic mass is 127. The number of hydrogen-bond donors (Lipinski definition) is 1. The Kier molecular flexibility index (Phi) is 4.20. The van der Waals surface area contributed by atoms with Gasteiger partial charge in [-0.25, -0.2) is 9.97 Å². The quantitative estimate of drug-likeness (QED) is 0.382. The van der Waals surface area contributed by atoms with Gasteiger partial charge in [0.1, 0.15) is 0 Å². The summed E-state index contributed by atoms with van der Waals surface area (Å²) in [4.78, 5) is 16.3. The molecule has 2 aliphatic heterocycles. The van der Waals surface area contributed by atoms with Crippen molar-refractivity contribution in [3.05, 3.63) is 51.2 Å². The standard InChI is InChI=1S/C21H23IN6OS/c1-20(2)13-3-6-23-15-11-21(17(16(13)15)26-30(20)29)4-8-27(9-5-21)19-25-12-14(22)18-24-7-10-28(18)19/h3,6-7,10,12,17,26H,4-5,8-9,11H2,1-2H3/t17-,30?/m1/s1. The summed E-state index contributed by atoms with van der Waals surface area (Å²) in [5.74, 6) is 0.952. The van der Waals surface area contributed by atoms with Gasteiger partial charge in [-0.1, -0.05) is 0 Å². The summed E-state index contributed by atoms with van der Waals surface area (Å²) in [6.07, 6.45) is 10.6. The second-order valence-corrected chi connectivity index (χ2v) is 12.1. The summed E-state index contributed by atoms with van der Waals surface area (Å²) >= 11 is 1.17. The molecule has 1 unspecified atom stereocenters. The fourth-order valence-corrected chi connectivity index (χ4v) is 7.30. The Morgan fingerprint density at radius 3 is 2.80 bits per heavy atom. The van der Waals surface area contributed by atoms with E-state index in [4.69, 9.17) is 9.97 Å². The van der Waals surface area contributed by atoms with Crippen molar-refractivity contribution in [2.24, 2.45) is 5.41 Å². The van der Waals surface area contributed by atoms with Crippen molar-refractivity contribution in [1.29, 1.82) is 0 Å². The van der Waals surface area contributed by atoms with Crippen molar-refractivity contribution < 1.29 is 4.55 Å². The Hall–Kier alpha value is -1.43. The number of nitrogens with zero attached hydrogens (tertiary/aromatic N) is 5. The monoisotopic (exact) mass is 534 g/mol. The van der Waals surface area contributed by atoms with E-state index in [1.807, 2.05) is 24.8 Å². The molecule has 1 fully saturated rings. The lowest BCUT2D eigenvalue weighted by Gasteiger charge is -2.46. The Labute approximate surface area is 192 Å². The number of halogens is 1. The highest BCUT2D eigenvalue weighted by Crippen LogP contribution is 2.57. The van der Waals surface area contributed by atoms with Crippen molar-refractivity contribution >= 4 is 45.5 Å². The molecule has 156 valence electrons. The molecule has 1 N–H and O–H groups in total. The number of rotatable bonds is 1. The van der Waals surface area contributed by atoms with Crippen molar-refractivity contribution in [3.63, 3.8) is 0 Å². The topological polar surface area (TPSA) is 81.4 Å². The first kappa shape index (κ1) is 19.3. The number of imidazole rings is 1. The Bertz CT molecular complexity index is 1160. The highest BCUT2D eigenvalue weighted by molar-refractivity contribution is 14.1. The van der Waals surface area contributed by atoms with Crippen molar-refractivity contribution in [1.82, 2.24) is 24.1 Å². The average Bonchev–Trinajstić information content (AvgIpc) is 3.33. The molecule has 2 atom stereocenters. The maximum absolute atomic E-state index is 13.1. The minimum atomic E-state index is -1.11. The van der Waals surface area contributed by atoms with E-state index in [-0.39, 0.29) is 11.5 Å². The molecule has 0 saturated carbocycles. The van der Waals surface area contributed by atoms with Crippen LogP contribution in [0.1, 0.15) is 49.6 Å². The SMILES string of the molecule is CC1(C)c2ccnc3c2[C@@H](N[S+]1[O-])C1(CCN(c2ncc(I)c4nccn24)CC1)C3. The minimum absolute atomic E-state index is 0.0609. The minimum Gasteiger partial charge on any atom is -0.597 e. The molecule has 1 spiro atoms. The van der Waals surface area contributed by atoms with Crippen LogP contribution in [0.5, 0.6) is 0 Å². The van der Waals surface area contributed by atoms with Crippen LogP contribution >= 0.6 is 22.6 Å². The normalized spacial score (nSPS) is 26.3. The first-order valence-corrected chi connectivity index (χ1v) is 12.5. The molecule has 9 heteroatoms. The van der Waals surface area contributed by atoms with Gasteiger partial charge in [-0.05, 0) is 61.8 Å². The summed E-state index contributed by atoms with van der Waals surface area (Å²) < 4.78 is 19.3. The highest BCUT2D eigenvalue weighted by Gasteiger charge is 2.57. The predicted octanol–water partition coefficient (Wildman–Crippen LogP) is 3.11. The lowest BCUT2D eigenvalue weighted by molar-refractivity contribution is 0.172. The second kappa shape index (κ2) is 6.54. The smallest absolute Gasteiger partial charge is 0.211 e. The second-order valence-electron chi connectivity index (χ2n) is 9.10. The molecule has 0 bridgehead atoms. The fraction of sp³-hybridized carbons (Fsp3) is 0.476. The molecule has 1 saturated heterocycles. The molecule has 3 aliphatic rings. The first-order chi connectivity index (χ1) is 14.4. The van der Waals surface area contributed by atoms with E-state index in [0.717, 1.165) is 47.5 Å². The molecule has 5 heterocycles. The van der Waals surface area contributed by atoms with Crippen LogP contribution < -0.4 is 9.62 Å². The molecule has 3 aromatic rings. The molecule has 3 aromatic heterocycles. The van der Waals surface area contributed by atoms with Gasteiger partial charge in [-0.2, -0.15) is 0 Å². The van der Waals surface area contributed by atoms with Gasteiger partial charge in [0, 0.05) is 71.5 Å². The molecular weight excluding hydrogens is 511 g/mol. The van der Waals surface area contributed by atoms with Crippen molar-refractivity contribution in [3.8, 4) is 0 Å². The van der Waals surface area contributed by atoms with Gasteiger partial charge in [-0.3, -0.25) is 9.38 Å². The molecule has 7 nitrogen and oxygen atoms in total. The molecule has 6 rings (SSSR count). The van der Waals surface area contributed by atoms with Gasteiger partial charge in [0.05, 0.1) is 9.61 Å². The van der Waals surface area contributed by atoms with Crippen LogP contribution in [0.15, 0.2) is 30.9 Å². The van der Waals surface area contributed by atoms with E-state index >= 15 is 0 Å². The number of aromatic nitrogens is 4. The van der Waals surface area contributed by atoms with E-state index in [9.17, 15) is 4.55 Å². The lowest BCUT2D eigenvalue weighted by atomic mass is 9.72. The fourth-order valence-electron chi connectivity index (χ4n) is 5.51. The molecule has 0 aromatic carbocycles. The van der Waals surface area contributed by atoms with Crippen LogP contribution in [-0.2, 0) is 22.5 Å². The number of piperidine rings is 1. The van der Waals surface area contributed by atoms with Gasteiger partial charge < -0.3 is 9.45 Å². The van der Waals surface area contributed by atoms with Crippen molar-refractivity contribution in [2.45, 2.75) is 43.9 Å². The summed E-state index contributed by atoms with van der Waals surface area (Å²) in [6, 6.07) is 2.19. The van der Waals surface area contributed by atoms with Crippen LogP contribution in [0.4, 0.5) is 5.95 Å². The first-order valence-electron chi connectivity index (χ1n) is 10.3. The Morgan fingerprint density at radius 2 is 2.00 bits per heavy atom. The molecule has 0 radical (unpaired) electrons. The molecule has 0 amide bonds. The predicted molar refractivity (Wildman–Crippen MR) is 125 cm³/mol. The number of nitrogens with one attached hydrogen (secondary N) is 1. The summed E-state index contributed by atoms with van der Waals surface area (Å²) in [5.41, 5.74) is 4.71. The third-order valence-electron chi connectivity index (χ3n) is 7.24. The maximum Gasteiger partial charge on any atom is 0.211 e. The number of hydrogen-bond acceptors (Lipinski definition) is 6. The van der Waals surface area contributed by atoms with Gasteiger partial charge in [0.2, 0.25) is 5.95 Å². The number of fused-ring (bicyclic) bond motifs is 2. The van der Waals surface area contributed by atoms with E-state index in [2.05, 4.69) is 61.5 Å². The zero-order valence-electron chi connectivity index (χ0n) is 16.9. The van der Waals surface area contributed by atoms with Gasteiger partial charge in [0.25, 0.3) is 0 Å². The van der Waals surface area contributed by atoms with Crippen LogP contribution in [0.25, 0.3) is 5.65 Å². The van der Waals surface area contributed by atoms with E-state index in [0.29, 0.717) is 0 Å². The van der Waals surface area contributed by atoms with Gasteiger partial charge in [-0.15, -0.1) is 4.72 Å². The maximum atomic E-state index is 13.1. The lowest BCUT2D eigenvalue weighted by Crippen LogP contribution is -2.53. The summed E-state index contributed by atoms with van der Waals surface area (Å²) in [5, 5.41) is 0. The Balaban J connectivity index is 1.33. The van der Waals surface area contributed by atoms with E-state index in [1.54, 1.807) is 0 Å². The average molecular weight is 534 g/mol. The van der Waals surface area contributed by atoms with Gasteiger partial charge in [0.15, 0.2) is 10.4 Å². The van der Waals surface area contributed by atoms with Crippen molar-refractivity contribution in [2.75, 3.05) is 18.0 Å². The van der Waals surface area contributed by atoms with Crippen LogP contribution in [0.3, 0.4) is 0 Å². The number of pyridine rings is 1. The zero-order chi connectivity index (χ0) is 20.7. The van der Waals surface area contributed by atoms with Gasteiger partial charge >= 0.3 is 0 Å². The van der Waals surface area contributed by atoms with Crippen LogP contribution in [0, 0.1) is 8.99 Å². The molecule has 30 heavy (non-hydrogen) atoms. The van der Waals surface area contributed by atoms with Crippen LogP contribution in [-0.4, -0.2) is 37.0 Å². The van der Waals surface area contributed by atoms with E-state index < -0.39 is 16.1 Å². The zero-order valence-corrected chi connectivity index (χ0v) is 19.9. The summed E-state index contributed by atoms with van der Waals surface area (Å²) in [6.45, 7) is 5.96.